The molecule has 3 aliphatic heterocycles. The van der Waals surface area contributed by atoms with Crippen molar-refractivity contribution in [2.75, 3.05) is 57.3 Å². The number of carbonyl (C=O) groups excluding carboxylic acids is 2. The lowest BCUT2D eigenvalue weighted by Gasteiger charge is -2.43. The van der Waals surface area contributed by atoms with Gasteiger partial charge in [0.25, 0.3) is 0 Å². The van der Waals surface area contributed by atoms with E-state index in [1.165, 1.54) is 12.1 Å². The number of amides is 2. The molecular weight excluding hydrogens is 445 g/mol. The standard InChI is InChI=1S/C22H29F3N4O2.ClH/c23-22(24,25)17-5-3-6-18(15-17)27-13-11-26(12-14-27)8-4-9-28-16-20(30)29-10-2-1-7-19(29)21(28)31;/h3,5-6,15,19H,1-2,4,7-14,16H2;1H. The average molecular weight is 475 g/mol. The van der Waals surface area contributed by atoms with Crippen LogP contribution in [0.15, 0.2) is 24.3 Å². The Morgan fingerprint density at radius 3 is 2.44 bits per heavy atom. The number of carbonyl (C=O) groups is 2. The van der Waals surface area contributed by atoms with E-state index < -0.39 is 11.7 Å². The number of hydrogen-bond donors (Lipinski definition) is 0. The monoisotopic (exact) mass is 474 g/mol. The molecule has 0 bridgehead atoms. The number of piperazine rings is 2. The lowest BCUT2D eigenvalue weighted by molar-refractivity contribution is -0.157. The van der Waals surface area contributed by atoms with E-state index in [1.807, 2.05) is 4.90 Å². The van der Waals surface area contributed by atoms with Gasteiger partial charge in [-0.05, 0) is 50.4 Å². The van der Waals surface area contributed by atoms with Crippen LogP contribution in [-0.2, 0) is 15.8 Å². The van der Waals surface area contributed by atoms with E-state index in [1.54, 1.807) is 15.9 Å². The number of anilines is 1. The van der Waals surface area contributed by atoms with Crippen LogP contribution >= 0.6 is 12.4 Å². The number of halogens is 4. The van der Waals surface area contributed by atoms with Crippen molar-refractivity contribution in [1.29, 1.82) is 0 Å². The van der Waals surface area contributed by atoms with Crippen LogP contribution in [-0.4, -0.2) is 84.9 Å². The predicted molar refractivity (Wildman–Crippen MR) is 118 cm³/mol. The van der Waals surface area contributed by atoms with Crippen molar-refractivity contribution in [2.45, 2.75) is 37.9 Å². The molecule has 1 atom stereocenters. The fourth-order valence-corrected chi connectivity index (χ4v) is 4.81. The van der Waals surface area contributed by atoms with Gasteiger partial charge < -0.3 is 14.7 Å². The number of rotatable bonds is 5. The zero-order chi connectivity index (χ0) is 22.0. The summed E-state index contributed by atoms with van der Waals surface area (Å²) in [6.45, 7) is 5.11. The second kappa shape index (κ2) is 10.3. The Morgan fingerprint density at radius 1 is 0.969 bits per heavy atom. The molecule has 1 aromatic rings. The summed E-state index contributed by atoms with van der Waals surface area (Å²) >= 11 is 0. The van der Waals surface area contributed by atoms with Gasteiger partial charge in [-0.3, -0.25) is 14.5 Å². The summed E-state index contributed by atoms with van der Waals surface area (Å²) in [6.07, 6.45) is -0.820. The second-order valence-corrected chi connectivity index (χ2v) is 8.59. The SMILES string of the molecule is Cl.O=C1C2CCCCN2C(=O)CN1CCCN1CCN(c2cccc(C(F)(F)F)c2)CC1. The first kappa shape index (κ1) is 24.6. The van der Waals surface area contributed by atoms with Gasteiger partial charge in [0.05, 0.1) is 12.1 Å². The molecule has 1 unspecified atom stereocenters. The maximum atomic E-state index is 13.0. The van der Waals surface area contributed by atoms with Crippen LogP contribution in [0, 0.1) is 0 Å². The lowest BCUT2D eigenvalue weighted by Crippen LogP contribution is -2.61. The molecule has 32 heavy (non-hydrogen) atoms. The van der Waals surface area contributed by atoms with Gasteiger partial charge in [-0.2, -0.15) is 13.2 Å². The van der Waals surface area contributed by atoms with Crippen LogP contribution in [0.2, 0.25) is 0 Å². The Balaban J connectivity index is 0.00000289. The average Bonchev–Trinajstić information content (AvgIpc) is 2.77. The quantitative estimate of drug-likeness (QED) is 0.658. The van der Waals surface area contributed by atoms with Crippen molar-refractivity contribution < 1.29 is 22.8 Å². The van der Waals surface area contributed by atoms with Crippen molar-refractivity contribution in [3.63, 3.8) is 0 Å². The van der Waals surface area contributed by atoms with Gasteiger partial charge in [-0.1, -0.05) is 6.07 Å². The van der Waals surface area contributed by atoms with E-state index in [0.29, 0.717) is 31.9 Å². The van der Waals surface area contributed by atoms with Gasteiger partial charge >= 0.3 is 6.18 Å². The normalized spacial score (nSPS) is 22.6. The molecule has 3 fully saturated rings. The largest absolute Gasteiger partial charge is 0.416 e. The minimum absolute atomic E-state index is 0. The molecular formula is C22H30ClF3N4O2. The Labute approximate surface area is 192 Å². The number of nitrogens with zero attached hydrogens (tertiary/aromatic N) is 4. The molecule has 4 rings (SSSR count). The van der Waals surface area contributed by atoms with Gasteiger partial charge in [0.1, 0.15) is 6.04 Å². The van der Waals surface area contributed by atoms with Crippen LogP contribution in [0.25, 0.3) is 0 Å². The van der Waals surface area contributed by atoms with Gasteiger partial charge in [0.2, 0.25) is 11.8 Å². The predicted octanol–water partition coefficient (Wildman–Crippen LogP) is 2.86. The summed E-state index contributed by atoms with van der Waals surface area (Å²) in [5.74, 6) is 0.132. The Morgan fingerprint density at radius 2 is 1.72 bits per heavy atom. The molecule has 0 aromatic heterocycles. The van der Waals surface area contributed by atoms with Crippen molar-refractivity contribution in [1.82, 2.24) is 14.7 Å². The summed E-state index contributed by atoms with van der Waals surface area (Å²) in [7, 11) is 0. The zero-order valence-corrected chi connectivity index (χ0v) is 18.8. The molecule has 3 saturated heterocycles. The number of piperidine rings is 1. The molecule has 6 nitrogen and oxygen atoms in total. The van der Waals surface area contributed by atoms with Crippen LogP contribution in [0.4, 0.5) is 18.9 Å². The van der Waals surface area contributed by atoms with Crippen molar-refractivity contribution in [3.8, 4) is 0 Å². The second-order valence-electron chi connectivity index (χ2n) is 8.59. The third-order valence-corrected chi connectivity index (χ3v) is 6.56. The van der Waals surface area contributed by atoms with E-state index in [-0.39, 0.29) is 36.8 Å². The van der Waals surface area contributed by atoms with E-state index in [2.05, 4.69) is 4.90 Å². The van der Waals surface area contributed by atoms with Crippen molar-refractivity contribution in [2.24, 2.45) is 0 Å². The van der Waals surface area contributed by atoms with Gasteiger partial charge in [-0.25, -0.2) is 0 Å². The highest BCUT2D eigenvalue weighted by atomic mass is 35.5. The summed E-state index contributed by atoms with van der Waals surface area (Å²) in [4.78, 5) is 32.8. The van der Waals surface area contributed by atoms with Crippen LogP contribution in [0.1, 0.15) is 31.2 Å². The molecule has 3 aliphatic rings. The highest BCUT2D eigenvalue weighted by molar-refractivity contribution is 5.95. The van der Waals surface area contributed by atoms with Gasteiger partial charge in [0, 0.05) is 45.0 Å². The number of hydrogen-bond acceptors (Lipinski definition) is 4. The zero-order valence-electron chi connectivity index (χ0n) is 18.0. The number of fused-ring (bicyclic) bond motifs is 1. The lowest BCUT2D eigenvalue weighted by atomic mass is 9.98. The molecule has 0 N–H and O–H groups in total. The molecule has 10 heteroatoms. The Kier molecular flexibility index (Phi) is 7.92. The fraction of sp³-hybridized carbons (Fsp3) is 0.636. The number of benzene rings is 1. The van der Waals surface area contributed by atoms with Gasteiger partial charge in [0.15, 0.2) is 0 Å². The highest BCUT2D eigenvalue weighted by Crippen LogP contribution is 2.32. The third kappa shape index (κ3) is 5.49. The molecule has 0 saturated carbocycles. The molecule has 0 radical (unpaired) electrons. The van der Waals surface area contributed by atoms with Crippen molar-refractivity contribution >= 4 is 29.9 Å². The molecule has 3 heterocycles. The van der Waals surface area contributed by atoms with E-state index in [0.717, 1.165) is 51.4 Å². The molecule has 0 aliphatic carbocycles. The summed E-state index contributed by atoms with van der Waals surface area (Å²) in [6, 6.07) is 5.21. The summed E-state index contributed by atoms with van der Waals surface area (Å²) in [5.41, 5.74) is -0.0198. The number of alkyl halides is 3. The minimum Gasteiger partial charge on any atom is -0.369 e. The van der Waals surface area contributed by atoms with Gasteiger partial charge in [-0.15, -0.1) is 12.4 Å². The summed E-state index contributed by atoms with van der Waals surface area (Å²) < 4.78 is 38.9. The first-order valence-electron chi connectivity index (χ1n) is 11.1. The molecule has 178 valence electrons. The maximum absolute atomic E-state index is 13.0. The first-order chi connectivity index (χ1) is 14.8. The third-order valence-electron chi connectivity index (χ3n) is 6.56. The van der Waals surface area contributed by atoms with E-state index in [4.69, 9.17) is 0 Å². The Hall–Kier alpha value is -2.00. The highest BCUT2D eigenvalue weighted by Gasteiger charge is 2.40. The fourth-order valence-electron chi connectivity index (χ4n) is 4.81. The Bertz CT molecular complexity index is 815. The minimum atomic E-state index is -4.33. The van der Waals surface area contributed by atoms with E-state index >= 15 is 0 Å². The van der Waals surface area contributed by atoms with Crippen LogP contribution < -0.4 is 4.90 Å². The molecule has 1 aromatic carbocycles. The maximum Gasteiger partial charge on any atom is 0.416 e. The molecule has 0 spiro atoms. The molecule has 2 amide bonds. The first-order valence-corrected chi connectivity index (χ1v) is 11.1. The summed E-state index contributed by atoms with van der Waals surface area (Å²) in [5, 5.41) is 0. The van der Waals surface area contributed by atoms with E-state index in [9.17, 15) is 22.8 Å². The topological polar surface area (TPSA) is 47.1 Å². The smallest absolute Gasteiger partial charge is 0.369 e. The van der Waals surface area contributed by atoms with Crippen LogP contribution in [0.5, 0.6) is 0 Å². The van der Waals surface area contributed by atoms with Crippen LogP contribution in [0.3, 0.4) is 0 Å². The van der Waals surface area contributed by atoms with Crippen molar-refractivity contribution in [3.05, 3.63) is 29.8 Å².